The molecule has 1 unspecified atom stereocenters. The summed E-state index contributed by atoms with van der Waals surface area (Å²) in [6.45, 7) is 4.00. The summed E-state index contributed by atoms with van der Waals surface area (Å²) >= 11 is 0. The lowest BCUT2D eigenvalue weighted by atomic mass is 9.90. The Balaban J connectivity index is 1.41. The number of hydrogen-bond acceptors (Lipinski definition) is 3. The molecule has 126 valence electrons. The van der Waals surface area contributed by atoms with Crippen LogP contribution in [-0.4, -0.2) is 37.0 Å². The van der Waals surface area contributed by atoms with E-state index in [1.165, 1.54) is 38.4 Å². The normalized spacial score (nSPS) is 26.7. The lowest BCUT2D eigenvalue weighted by Gasteiger charge is -2.35. The number of benzene rings is 1. The van der Waals surface area contributed by atoms with E-state index in [9.17, 15) is 4.79 Å². The molecule has 2 aliphatic rings. The van der Waals surface area contributed by atoms with E-state index in [2.05, 4.69) is 40.7 Å². The number of rotatable bonds is 6. The molecule has 2 fully saturated rings. The maximum Gasteiger partial charge on any atom is 0.260 e. The third kappa shape index (κ3) is 4.12. The molecule has 23 heavy (non-hydrogen) atoms. The maximum absolute atomic E-state index is 11.8. The second-order valence-electron chi connectivity index (χ2n) is 7.07. The van der Waals surface area contributed by atoms with Gasteiger partial charge in [0.05, 0.1) is 13.2 Å². The van der Waals surface area contributed by atoms with Crippen molar-refractivity contribution in [3.05, 3.63) is 35.9 Å². The van der Waals surface area contributed by atoms with Crippen molar-refractivity contribution in [1.29, 1.82) is 0 Å². The molecule has 0 bridgehead atoms. The van der Waals surface area contributed by atoms with Gasteiger partial charge in [0.1, 0.15) is 0 Å². The first-order chi connectivity index (χ1) is 11.2. The molecule has 1 saturated carbocycles. The Labute approximate surface area is 139 Å². The van der Waals surface area contributed by atoms with Crippen molar-refractivity contribution in [1.82, 2.24) is 10.4 Å². The molecule has 3 atom stereocenters. The number of nitrogens with zero attached hydrogens (tertiary/aromatic N) is 1. The summed E-state index contributed by atoms with van der Waals surface area (Å²) in [6.07, 6.45) is 5.13. The lowest BCUT2D eigenvalue weighted by molar-refractivity contribution is -0.137. The summed E-state index contributed by atoms with van der Waals surface area (Å²) in [6, 6.07) is 10.8. The highest BCUT2D eigenvalue weighted by molar-refractivity contribution is 5.80. The van der Waals surface area contributed by atoms with E-state index >= 15 is 0 Å². The average Bonchev–Trinajstić information content (AvgIpc) is 3.35. The molecular formula is C19H28N2O2. The largest absolute Gasteiger partial charge is 0.292 e. The smallest absolute Gasteiger partial charge is 0.260 e. The fourth-order valence-electron chi connectivity index (χ4n) is 3.97. The Morgan fingerprint density at radius 3 is 2.65 bits per heavy atom. The number of nitrogens with one attached hydrogen (secondary N) is 1. The van der Waals surface area contributed by atoms with Crippen LogP contribution in [0.1, 0.15) is 44.1 Å². The first kappa shape index (κ1) is 16.5. The SMILES string of the molecule is CONC(=O)C(C)N1CCC(C[C@@H]2C[C@H]2c2ccccc2)CC1. The van der Waals surface area contributed by atoms with Gasteiger partial charge in [-0.2, -0.15) is 0 Å². The average molecular weight is 316 g/mol. The van der Waals surface area contributed by atoms with Gasteiger partial charge < -0.3 is 0 Å². The number of carbonyl (C=O) groups excluding carboxylic acids is 1. The minimum atomic E-state index is -0.103. The Morgan fingerprint density at radius 2 is 2.00 bits per heavy atom. The molecule has 0 radical (unpaired) electrons. The summed E-state index contributed by atoms with van der Waals surface area (Å²) in [4.78, 5) is 18.8. The Hall–Kier alpha value is -1.39. The number of amides is 1. The van der Waals surface area contributed by atoms with E-state index < -0.39 is 0 Å². The van der Waals surface area contributed by atoms with Gasteiger partial charge >= 0.3 is 0 Å². The second kappa shape index (κ2) is 7.45. The zero-order chi connectivity index (χ0) is 16.2. The van der Waals surface area contributed by atoms with E-state index in [0.29, 0.717) is 0 Å². The van der Waals surface area contributed by atoms with Crippen LogP contribution in [0.15, 0.2) is 30.3 Å². The van der Waals surface area contributed by atoms with Gasteiger partial charge in [0.2, 0.25) is 0 Å². The molecule has 1 N–H and O–H groups in total. The Kier molecular flexibility index (Phi) is 5.34. The van der Waals surface area contributed by atoms with Gasteiger partial charge in [-0.3, -0.25) is 14.5 Å². The fourth-order valence-corrected chi connectivity index (χ4v) is 3.97. The lowest BCUT2D eigenvalue weighted by Crippen LogP contribution is -2.48. The van der Waals surface area contributed by atoms with Crippen LogP contribution in [0.3, 0.4) is 0 Å². The standard InChI is InChI=1S/C19H28N2O2/c1-14(19(22)20-23-2)21-10-8-15(9-11-21)12-17-13-18(17)16-6-4-3-5-7-16/h3-7,14-15,17-18H,8-13H2,1-2H3,(H,20,22)/t14?,17-,18+/m1/s1. The van der Waals surface area contributed by atoms with Crippen LogP contribution < -0.4 is 5.48 Å². The van der Waals surface area contributed by atoms with Crippen LogP contribution in [-0.2, 0) is 9.63 Å². The van der Waals surface area contributed by atoms with Gasteiger partial charge in [-0.25, -0.2) is 5.48 Å². The molecule has 0 aromatic heterocycles. The van der Waals surface area contributed by atoms with Crippen molar-refractivity contribution in [2.24, 2.45) is 11.8 Å². The van der Waals surface area contributed by atoms with Gasteiger partial charge in [-0.15, -0.1) is 0 Å². The summed E-state index contributed by atoms with van der Waals surface area (Å²) in [5.74, 6) is 2.45. The molecule has 3 rings (SSSR count). The van der Waals surface area contributed by atoms with Gasteiger partial charge in [0, 0.05) is 0 Å². The molecule has 1 saturated heterocycles. The van der Waals surface area contributed by atoms with Crippen LogP contribution in [0.2, 0.25) is 0 Å². The maximum atomic E-state index is 11.8. The molecule has 4 heteroatoms. The van der Waals surface area contributed by atoms with E-state index in [-0.39, 0.29) is 11.9 Å². The highest BCUT2D eigenvalue weighted by atomic mass is 16.6. The van der Waals surface area contributed by atoms with Crippen molar-refractivity contribution in [3.8, 4) is 0 Å². The summed E-state index contributed by atoms with van der Waals surface area (Å²) in [5, 5.41) is 0. The van der Waals surface area contributed by atoms with Gasteiger partial charge in [-0.1, -0.05) is 30.3 Å². The van der Waals surface area contributed by atoms with Crippen molar-refractivity contribution < 1.29 is 9.63 Å². The Bertz CT molecular complexity index is 511. The first-order valence-electron chi connectivity index (χ1n) is 8.81. The van der Waals surface area contributed by atoms with Crippen molar-refractivity contribution >= 4 is 5.91 Å². The van der Waals surface area contributed by atoms with Crippen LogP contribution >= 0.6 is 0 Å². The molecule has 1 aromatic rings. The van der Waals surface area contributed by atoms with Crippen molar-refractivity contribution in [2.45, 2.75) is 44.6 Å². The molecule has 1 aliphatic heterocycles. The molecule has 1 heterocycles. The number of hydrogen-bond donors (Lipinski definition) is 1. The Morgan fingerprint density at radius 1 is 1.30 bits per heavy atom. The third-order valence-corrected chi connectivity index (χ3v) is 5.57. The molecule has 0 spiro atoms. The molecule has 1 aliphatic carbocycles. The van der Waals surface area contributed by atoms with Crippen LogP contribution in [0, 0.1) is 11.8 Å². The molecular weight excluding hydrogens is 288 g/mol. The predicted octanol–water partition coefficient (Wildman–Crippen LogP) is 2.96. The van der Waals surface area contributed by atoms with Gasteiger partial charge in [0.25, 0.3) is 5.91 Å². The fraction of sp³-hybridized carbons (Fsp3) is 0.632. The quantitative estimate of drug-likeness (QED) is 0.821. The number of piperidine rings is 1. The van der Waals surface area contributed by atoms with E-state index in [1.807, 2.05) is 6.92 Å². The van der Waals surface area contributed by atoms with Crippen molar-refractivity contribution in [3.63, 3.8) is 0 Å². The number of hydroxylamine groups is 1. The summed E-state index contributed by atoms with van der Waals surface area (Å²) in [7, 11) is 1.48. The minimum absolute atomic E-state index is 0.0442. The molecule has 1 amide bonds. The van der Waals surface area contributed by atoms with Crippen LogP contribution in [0.4, 0.5) is 0 Å². The van der Waals surface area contributed by atoms with Crippen LogP contribution in [0.25, 0.3) is 0 Å². The molecule has 4 nitrogen and oxygen atoms in total. The summed E-state index contributed by atoms with van der Waals surface area (Å²) < 4.78 is 0. The minimum Gasteiger partial charge on any atom is -0.292 e. The zero-order valence-electron chi connectivity index (χ0n) is 14.2. The summed E-state index contributed by atoms with van der Waals surface area (Å²) in [5.41, 5.74) is 3.95. The number of likely N-dealkylation sites (tertiary alicyclic amines) is 1. The zero-order valence-corrected chi connectivity index (χ0v) is 14.2. The second-order valence-corrected chi connectivity index (χ2v) is 7.07. The topological polar surface area (TPSA) is 41.6 Å². The van der Waals surface area contributed by atoms with Gasteiger partial charge in [-0.05, 0) is 69.0 Å². The van der Waals surface area contributed by atoms with E-state index in [4.69, 9.17) is 4.84 Å². The van der Waals surface area contributed by atoms with E-state index in [0.717, 1.165) is 30.8 Å². The highest BCUT2D eigenvalue weighted by Gasteiger charge is 2.40. The van der Waals surface area contributed by atoms with Crippen LogP contribution in [0.5, 0.6) is 0 Å². The molecule has 1 aromatic carbocycles. The number of carbonyl (C=O) groups is 1. The monoisotopic (exact) mass is 316 g/mol. The van der Waals surface area contributed by atoms with Gasteiger partial charge in [0.15, 0.2) is 0 Å². The predicted molar refractivity (Wildman–Crippen MR) is 90.8 cm³/mol. The highest BCUT2D eigenvalue weighted by Crippen LogP contribution is 2.51. The third-order valence-electron chi connectivity index (χ3n) is 5.57. The van der Waals surface area contributed by atoms with E-state index in [1.54, 1.807) is 0 Å². The van der Waals surface area contributed by atoms with Crippen molar-refractivity contribution in [2.75, 3.05) is 20.2 Å². The first-order valence-corrected chi connectivity index (χ1v) is 8.81.